The first-order valence-electron chi connectivity index (χ1n) is 12.6. The summed E-state index contributed by atoms with van der Waals surface area (Å²) in [6, 6.07) is 33.7. The van der Waals surface area contributed by atoms with Crippen LogP contribution in [0, 0.1) is 0 Å². The van der Waals surface area contributed by atoms with Crippen molar-refractivity contribution in [2.75, 3.05) is 31.1 Å². The van der Waals surface area contributed by atoms with E-state index in [-0.39, 0.29) is 6.04 Å². The Labute approximate surface area is 217 Å². The Bertz CT molecular complexity index is 1320. The lowest BCUT2D eigenvalue weighted by Gasteiger charge is -2.40. The molecule has 0 N–H and O–H groups in total. The van der Waals surface area contributed by atoms with Crippen LogP contribution in [0.2, 0.25) is 0 Å². The predicted molar refractivity (Wildman–Crippen MR) is 147 cm³/mol. The van der Waals surface area contributed by atoms with E-state index >= 15 is 0 Å². The zero-order chi connectivity index (χ0) is 24.9. The van der Waals surface area contributed by atoms with Crippen molar-refractivity contribution in [3.63, 3.8) is 0 Å². The van der Waals surface area contributed by atoms with Crippen molar-refractivity contribution < 1.29 is 0 Å². The second-order valence-electron chi connectivity index (χ2n) is 9.13. The molecule has 0 atom stereocenters. The molecule has 1 saturated heterocycles. The minimum Gasteiger partial charge on any atom is -0.354 e. The van der Waals surface area contributed by atoms with Crippen molar-refractivity contribution >= 4 is 5.82 Å². The Balaban J connectivity index is 1.29. The highest BCUT2D eigenvalue weighted by molar-refractivity contribution is 5.66. The number of rotatable bonds is 6. The maximum atomic E-state index is 4.96. The molecule has 0 bridgehead atoms. The van der Waals surface area contributed by atoms with E-state index in [9.17, 15) is 0 Å². The second kappa shape index (κ2) is 10.7. The molecular weight excluding hydrogens is 456 g/mol. The molecule has 0 saturated carbocycles. The Morgan fingerprint density at radius 3 is 1.86 bits per heavy atom. The van der Waals surface area contributed by atoms with Crippen LogP contribution in [-0.4, -0.2) is 51.0 Å². The van der Waals surface area contributed by atoms with Crippen LogP contribution in [0.3, 0.4) is 0 Å². The molecule has 6 rings (SSSR count). The van der Waals surface area contributed by atoms with Gasteiger partial charge in [0.05, 0.1) is 11.7 Å². The summed E-state index contributed by atoms with van der Waals surface area (Å²) in [6.07, 6.45) is 5.37. The van der Waals surface area contributed by atoms with Crippen LogP contribution in [0.4, 0.5) is 5.82 Å². The van der Waals surface area contributed by atoms with Gasteiger partial charge < -0.3 is 4.90 Å². The van der Waals surface area contributed by atoms with E-state index in [1.54, 1.807) is 18.6 Å². The zero-order valence-electron chi connectivity index (χ0n) is 20.6. The van der Waals surface area contributed by atoms with Gasteiger partial charge in [-0.2, -0.15) is 0 Å². The first-order valence-corrected chi connectivity index (χ1v) is 12.6. The van der Waals surface area contributed by atoms with Gasteiger partial charge in [-0.1, -0.05) is 66.7 Å². The summed E-state index contributed by atoms with van der Waals surface area (Å²) in [7, 11) is 0. The van der Waals surface area contributed by atoms with Gasteiger partial charge in [-0.05, 0) is 35.4 Å². The molecule has 1 aliphatic rings. The van der Waals surface area contributed by atoms with Crippen molar-refractivity contribution in [1.29, 1.82) is 0 Å². The van der Waals surface area contributed by atoms with Crippen molar-refractivity contribution in [3.8, 4) is 22.8 Å². The van der Waals surface area contributed by atoms with Crippen molar-refractivity contribution in [1.82, 2.24) is 24.8 Å². The molecule has 3 aromatic heterocycles. The molecule has 0 spiro atoms. The summed E-state index contributed by atoms with van der Waals surface area (Å²) in [5.74, 6) is 1.57. The minimum atomic E-state index is 0.228. The maximum absolute atomic E-state index is 4.96. The van der Waals surface area contributed by atoms with Crippen molar-refractivity contribution in [2.24, 2.45) is 0 Å². The summed E-state index contributed by atoms with van der Waals surface area (Å²) >= 11 is 0. The lowest BCUT2D eigenvalue weighted by atomic mass is 9.96. The number of aromatic nitrogens is 4. The smallest absolute Gasteiger partial charge is 0.180 e. The molecule has 0 radical (unpaired) electrons. The van der Waals surface area contributed by atoms with Gasteiger partial charge in [0.1, 0.15) is 11.5 Å². The summed E-state index contributed by atoms with van der Waals surface area (Å²) in [6.45, 7) is 3.62. The second-order valence-corrected chi connectivity index (χ2v) is 9.13. The van der Waals surface area contributed by atoms with E-state index in [2.05, 4.69) is 86.5 Å². The van der Waals surface area contributed by atoms with E-state index in [0.717, 1.165) is 48.9 Å². The number of hydrogen-bond acceptors (Lipinski definition) is 6. The minimum absolute atomic E-state index is 0.228. The SMILES string of the molecule is c1ccc(C(c2ccccc2)N2CCN(c3cc(-c4ccncc4)nc(-c4ccccn4)n3)CC2)cc1. The quantitative estimate of drug-likeness (QED) is 0.317. The molecule has 0 aliphatic carbocycles. The molecular formula is C31H28N6. The molecule has 2 aromatic carbocycles. The van der Waals surface area contributed by atoms with Crippen molar-refractivity contribution in [2.45, 2.75) is 6.04 Å². The molecule has 1 fully saturated rings. The van der Waals surface area contributed by atoms with Gasteiger partial charge >= 0.3 is 0 Å². The number of anilines is 1. The third-order valence-electron chi connectivity index (χ3n) is 6.82. The Kier molecular flexibility index (Phi) is 6.64. The van der Waals surface area contributed by atoms with E-state index in [0.29, 0.717) is 5.82 Å². The first kappa shape index (κ1) is 23.0. The van der Waals surface area contributed by atoms with Crippen LogP contribution in [0.25, 0.3) is 22.8 Å². The molecule has 6 heteroatoms. The van der Waals surface area contributed by atoms with Gasteiger partial charge in [0.25, 0.3) is 0 Å². The standard InChI is InChI=1S/C31H28N6/c1-3-9-25(10-4-1)30(26-11-5-2-6-12-26)37-21-19-36(20-22-37)29-23-28(24-14-17-32-18-15-24)34-31(35-29)27-13-7-8-16-33-27/h1-18,23,30H,19-22H2. The van der Waals surface area contributed by atoms with E-state index in [1.165, 1.54) is 11.1 Å². The number of nitrogens with zero attached hydrogens (tertiary/aromatic N) is 6. The summed E-state index contributed by atoms with van der Waals surface area (Å²) < 4.78 is 0. The molecule has 5 aromatic rings. The first-order chi connectivity index (χ1) is 18.3. The summed E-state index contributed by atoms with van der Waals surface area (Å²) in [4.78, 5) is 23.4. The fraction of sp³-hybridized carbons (Fsp3) is 0.161. The van der Waals surface area contributed by atoms with Gasteiger partial charge in [-0.25, -0.2) is 9.97 Å². The zero-order valence-corrected chi connectivity index (χ0v) is 20.6. The lowest BCUT2D eigenvalue weighted by molar-refractivity contribution is 0.212. The van der Waals surface area contributed by atoms with Crippen LogP contribution in [-0.2, 0) is 0 Å². The molecule has 37 heavy (non-hydrogen) atoms. The van der Waals surface area contributed by atoms with Gasteiger partial charge in [0.15, 0.2) is 5.82 Å². The highest BCUT2D eigenvalue weighted by Gasteiger charge is 2.27. The topological polar surface area (TPSA) is 58.0 Å². The lowest BCUT2D eigenvalue weighted by Crippen LogP contribution is -2.48. The van der Waals surface area contributed by atoms with E-state index in [4.69, 9.17) is 9.97 Å². The van der Waals surface area contributed by atoms with Gasteiger partial charge in [-0.3, -0.25) is 14.9 Å². The van der Waals surface area contributed by atoms with E-state index < -0.39 is 0 Å². The Morgan fingerprint density at radius 2 is 1.24 bits per heavy atom. The number of hydrogen-bond donors (Lipinski definition) is 0. The number of pyridine rings is 2. The summed E-state index contributed by atoms with van der Waals surface area (Å²) in [5.41, 5.74) is 5.30. The maximum Gasteiger partial charge on any atom is 0.180 e. The predicted octanol–water partition coefficient (Wildman–Crippen LogP) is 5.51. The van der Waals surface area contributed by atoms with Crippen LogP contribution < -0.4 is 4.90 Å². The van der Waals surface area contributed by atoms with Gasteiger partial charge in [0, 0.05) is 56.4 Å². The monoisotopic (exact) mass is 484 g/mol. The Hall–Kier alpha value is -4.42. The van der Waals surface area contributed by atoms with E-state index in [1.807, 2.05) is 30.3 Å². The average molecular weight is 485 g/mol. The molecule has 0 amide bonds. The average Bonchev–Trinajstić information content (AvgIpc) is 2.99. The summed E-state index contributed by atoms with van der Waals surface area (Å²) in [5, 5.41) is 0. The molecule has 182 valence electrons. The third-order valence-corrected chi connectivity index (χ3v) is 6.82. The highest BCUT2D eigenvalue weighted by atomic mass is 15.3. The van der Waals surface area contributed by atoms with Crippen molar-refractivity contribution in [3.05, 3.63) is 127 Å². The number of benzene rings is 2. The van der Waals surface area contributed by atoms with Crippen LogP contribution in [0.15, 0.2) is 116 Å². The molecule has 0 unspecified atom stereocenters. The fourth-order valence-electron chi connectivity index (χ4n) is 4.97. The molecule has 6 nitrogen and oxygen atoms in total. The highest BCUT2D eigenvalue weighted by Crippen LogP contribution is 2.31. The molecule has 4 heterocycles. The van der Waals surface area contributed by atoms with Crippen LogP contribution in [0.5, 0.6) is 0 Å². The van der Waals surface area contributed by atoms with Crippen LogP contribution >= 0.6 is 0 Å². The van der Waals surface area contributed by atoms with Gasteiger partial charge in [0.2, 0.25) is 0 Å². The largest absolute Gasteiger partial charge is 0.354 e. The fourth-order valence-corrected chi connectivity index (χ4v) is 4.97. The van der Waals surface area contributed by atoms with Crippen LogP contribution in [0.1, 0.15) is 17.2 Å². The normalized spacial score (nSPS) is 14.1. The number of piperazine rings is 1. The van der Waals surface area contributed by atoms with Gasteiger partial charge in [-0.15, -0.1) is 0 Å². The molecule has 1 aliphatic heterocycles. The third kappa shape index (κ3) is 5.10. The Morgan fingerprint density at radius 1 is 0.595 bits per heavy atom.